The third kappa shape index (κ3) is 4.00. The van der Waals surface area contributed by atoms with Crippen molar-refractivity contribution in [1.29, 1.82) is 0 Å². The topological polar surface area (TPSA) is 79.8 Å². The van der Waals surface area contributed by atoms with Crippen molar-refractivity contribution in [2.45, 2.75) is 24.6 Å². The van der Waals surface area contributed by atoms with Gasteiger partial charge in [0.15, 0.2) is 0 Å². The number of methoxy groups -OCH3 is 1. The number of likely N-dealkylation sites (tertiary alicyclic amines) is 1. The van der Waals surface area contributed by atoms with Crippen molar-refractivity contribution in [3.63, 3.8) is 0 Å². The first-order valence-corrected chi connectivity index (χ1v) is 11.3. The summed E-state index contributed by atoms with van der Waals surface area (Å²) < 4.78 is 33.2. The molecule has 1 aromatic heterocycles. The lowest BCUT2D eigenvalue weighted by Crippen LogP contribution is -2.34. The Labute approximate surface area is 171 Å². The largest absolute Gasteiger partial charge is 0.497 e. The number of aromatic nitrogens is 1. The lowest BCUT2D eigenvalue weighted by molar-refractivity contribution is 0.0759. The molecule has 8 heteroatoms. The van der Waals surface area contributed by atoms with Gasteiger partial charge in [0, 0.05) is 44.1 Å². The molecule has 0 N–H and O–H groups in total. The molecule has 3 heterocycles. The summed E-state index contributed by atoms with van der Waals surface area (Å²) in [7, 11) is -1.80. The van der Waals surface area contributed by atoms with Crippen LogP contribution in [0.5, 0.6) is 5.75 Å². The number of pyridine rings is 1. The fourth-order valence-electron chi connectivity index (χ4n) is 4.31. The fraction of sp³-hybridized carbons (Fsp3) is 0.429. The zero-order valence-corrected chi connectivity index (χ0v) is 17.2. The second kappa shape index (κ2) is 8.12. The van der Waals surface area contributed by atoms with Crippen LogP contribution in [0.1, 0.15) is 28.8 Å². The van der Waals surface area contributed by atoms with Crippen LogP contribution in [0.4, 0.5) is 0 Å². The third-order valence-corrected chi connectivity index (χ3v) is 8.25. The zero-order chi connectivity index (χ0) is 20.4. The van der Waals surface area contributed by atoms with E-state index in [0.717, 1.165) is 11.3 Å². The Bertz CT molecular complexity index is 980. The standard InChI is InChI=1S/C21H25N3O4S/c1-28-19-4-2-3-16(13-19)14-24-15-18-7-11-23(12-8-20(18)29(24,26)27)21(25)17-5-9-22-10-6-17/h2-6,9-10,13,18,20H,7-8,11-12,14-15H2,1H3/t18-,20-/m1/s1. The molecule has 2 fully saturated rings. The van der Waals surface area contributed by atoms with Gasteiger partial charge in [-0.3, -0.25) is 9.78 Å². The van der Waals surface area contributed by atoms with Gasteiger partial charge in [-0.1, -0.05) is 12.1 Å². The molecule has 0 spiro atoms. The highest BCUT2D eigenvalue weighted by Gasteiger charge is 2.47. The average Bonchev–Trinajstić information content (AvgIpc) is 2.88. The minimum Gasteiger partial charge on any atom is -0.497 e. The highest BCUT2D eigenvalue weighted by molar-refractivity contribution is 7.90. The first-order chi connectivity index (χ1) is 14.0. The highest BCUT2D eigenvalue weighted by Crippen LogP contribution is 2.35. The summed E-state index contributed by atoms with van der Waals surface area (Å²) in [5.41, 5.74) is 1.51. The second-order valence-corrected chi connectivity index (χ2v) is 9.74. The van der Waals surface area contributed by atoms with Crippen LogP contribution in [0, 0.1) is 5.92 Å². The van der Waals surface area contributed by atoms with Crippen molar-refractivity contribution in [2.75, 3.05) is 26.7 Å². The summed E-state index contributed by atoms with van der Waals surface area (Å²) in [5, 5.41) is -0.427. The third-order valence-electron chi connectivity index (χ3n) is 5.87. The number of benzene rings is 1. The van der Waals surface area contributed by atoms with Crippen LogP contribution < -0.4 is 4.74 Å². The van der Waals surface area contributed by atoms with E-state index in [0.29, 0.717) is 44.6 Å². The van der Waals surface area contributed by atoms with Crippen molar-refractivity contribution in [1.82, 2.24) is 14.2 Å². The van der Waals surface area contributed by atoms with E-state index < -0.39 is 15.3 Å². The van der Waals surface area contributed by atoms with E-state index in [2.05, 4.69) is 4.98 Å². The molecule has 1 amide bonds. The lowest BCUT2D eigenvalue weighted by atomic mass is 10.0. The van der Waals surface area contributed by atoms with E-state index in [1.807, 2.05) is 24.3 Å². The molecule has 2 aromatic rings. The van der Waals surface area contributed by atoms with Crippen LogP contribution in [0.25, 0.3) is 0 Å². The van der Waals surface area contributed by atoms with Gasteiger partial charge >= 0.3 is 0 Å². The molecule has 7 nitrogen and oxygen atoms in total. The summed E-state index contributed by atoms with van der Waals surface area (Å²) in [6.45, 7) is 1.88. The second-order valence-electron chi connectivity index (χ2n) is 7.59. The van der Waals surface area contributed by atoms with Crippen molar-refractivity contribution in [2.24, 2.45) is 5.92 Å². The number of carbonyl (C=O) groups excluding carboxylic acids is 1. The van der Waals surface area contributed by atoms with Gasteiger partial charge in [0.05, 0.1) is 12.4 Å². The van der Waals surface area contributed by atoms with Crippen LogP contribution in [-0.2, 0) is 16.6 Å². The van der Waals surface area contributed by atoms with Gasteiger partial charge in [-0.25, -0.2) is 8.42 Å². The predicted molar refractivity (Wildman–Crippen MR) is 109 cm³/mol. The smallest absolute Gasteiger partial charge is 0.253 e. The van der Waals surface area contributed by atoms with Crippen LogP contribution >= 0.6 is 0 Å². The Kier molecular flexibility index (Phi) is 5.56. The number of ether oxygens (including phenoxy) is 1. The van der Waals surface area contributed by atoms with E-state index >= 15 is 0 Å². The summed E-state index contributed by atoms with van der Waals surface area (Å²) in [6, 6.07) is 10.9. The average molecular weight is 416 g/mol. The molecule has 4 rings (SSSR count). The number of nitrogens with zero attached hydrogens (tertiary/aromatic N) is 3. The molecule has 0 aliphatic carbocycles. The van der Waals surface area contributed by atoms with Crippen LogP contribution in [0.15, 0.2) is 48.8 Å². The van der Waals surface area contributed by atoms with Crippen LogP contribution in [-0.4, -0.2) is 60.5 Å². The maximum Gasteiger partial charge on any atom is 0.253 e. The van der Waals surface area contributed by atoms with Gasteiger partial charge in [-0.05, 0) is 48.6 Å². The normalized spacial score (nSPS) is 24.0. The van der Waals surface area contributed by atoms with Gasteiger partial charge in [-0.15, -0.1) is 0 Å². The molecule has 0 bridgehead atoms. The highest BCUT2D eigenvalue weighted by atomic mass is 32.2. The first-order valence-electron chi connectivity index (χ1n) is 9.80. The Morgan fingerprint density at radius 3 is 2.69 bits per heavy atom. The molecule has 2 atom stereocenters. The van der Waals surface area contributed by atoms with Gasteiger partial charge in [0.1, 0.15) is 5.75 Å². The number of sulfonamides is 1. The molecule has 1 aromatic carbocycles. The minimum absolute atomic E-state index is 0.0425. The van der Waals surface area contributed by atoms with Crippen LogP contribution in [0.3, 0.4) is 0 Å². The molecule has 2 aliphatic rings. The number of rotatable bonds is 4. The quantitative estimate of drug-likeness (QED) is 0.765. The number of fused-ring (bicyclic) bond motifs is 1. The minimum atomic E-state index is -3.40. The van der Waals surface area contributed by atoms with Crippen molar-refractivity contribution in [3.8, 4) is 5.75 Å². The summed E-state index contributed by atoms with van der Waals surface area (Å²) in [5.74, 6) is 0.706. The molecule has 0 saturated carbocycles. The van der Waals surface area contributed by atoms with E-state index in [9.17, 15) is 13.2 Å². The van der Waals surface area contributed by atoms with E-state index in [4.69, 9.17) is 4.74 Å². The molecule has 0 unspecified atom stereocenters. The number of carbonyl (C=O) groups is 1. The summed E-state index contributed by atoms with van der Waals surface area (Å²) in [6.07, 6.45) is 4.36. The zero-order valence-electron chi connectivity index (χ0n) is 16.4. The first kappa shape index (κ1) is 19.8. The molecule has 2 aliphatic heterocycles. The fourth-order valence-corrected chi connectivity index (χ4v) is 6.53. The van der Waals surface area contributed by atoms with Crippen molar-refractivity contribution < 1.29 is 17.9 Å². The molecule has 0 radical (unpaired) electrons. The SMILES string of the molecule is COc1cccc(CN2C[C@H]3CCN(C(=O)c4ccncc4)CC[C@H]3S2(=O)=O)c1. The predicted octanol–water partition coefficient (Wildman–Crippen LogP) is 2.16. The molecule has 29 heavy (non-hydrogen) atoms. The van der Waals surface area contributed by atoms with Gasteiger partial charge < -0.3 is 9.64 Å². The number of amides is 1. The van der Waals surface area contributed by atoms with Gasteiger partial charge in [-0.2, -0.15) is 4.31 Å². The van der Waals surface area contributed by atoms with Crippen molar-refractivity contribution in [3.05, 3.63) is 59.9 Å². The molecular formula is C21H25N3O4S. The number of hydrogen-bond donors (Lipinski definition) is 0. The maximum absolute atomic E-state index is 13.2. The van der Waals surface area contributed by atoms with Gasteiger partial charge in [0.25, 0.3) is 5.91 Å². The Hall–Kier alpha value is -2.45. The molecule has 2 saturated heterocycles. The molecular weight excluding hydrogens is 390 g/mol. The Morgan fingerprint density at radius 1 is 1.17 bits per heavy atom. The molecule has 154 valence electrons. The Morgan fingerprint density at radius 2 is 1.93 bits per heavy atom. The number of hydrogen-bond acceptors (Lipinski definition) is 5. The van der Waals surface area contributed by atoms with Gasteiger partial charge in [0.2, 0.25) is 10.0 Å². The monoisotopic (exact) mass is 415 g/mol. The van der Waals surface area contributed by atoms with E-state index in [1.54, 1.807) is 40.8 Å². The van der Waals surface area contributed by atoms with E-state index in [1.165, 1.54) is 0 Å². The van der Waals surface area contributed by atoms with Crippen molar-refractivity contribution >= 4 is 15.9 Å². The Balaban J connectivity index is 1.46. The summed E-state index contributed by atoms with van der Waals surface area (Å²) >= 11 is 0. The van der Waals surface area contributed by atoms with Crippen LogP contribution in [0.2, 0.25) is 0 Å². The summed E-state index contributed by atoms with van der Waals surface area (Å²) in [4.78, 5) is 18.4. The maximum atomic E-state index is 13.2. The van der Waals surface area contributed by atoms with E-state index in [-0.39, 0.29) is 11.8 Å². The lowest BCUT2D eigenvalue weighted by Gasteiger charge is -2.22.